The molecule has 2 N–H and O–H groups in total. The van der Waals surface area contributed by atoms with Crippen LogP contribution in [0.15, 0.2) is 24.3 Å². The maximum absolute atomic E-state index is 6.42. The van der Waals surface area contributed by atoms with Gasteiger partial charge in [0.25, 0.3) is 0 Å². The Labute approximate surface area is 122 Å². The largest absolute Gasteiger partial charge is 0.375 e. The molecule has 3 heteroatoms. The molecule has 0 radical (unpaired) electrons. The average molecular weight is 274 g/mol. The molecule has 2 aliphatic rings. The van der Waals surface area contributed by atoms with Gasteiger partial charge in [-0.2, -0.15) is 0 Å². The van der Waals surface area contributed by atoms with Crippen molar-refractivity contribution in [2.24, 2.45) is 5.73 Å². The molecule has 0 aromatic heterocycles. The van der Waals surface area contributed by atoms with Gasteiger partial charge in [0.2, 0.25) is 0 Å². The predicted molar refractivity (Wildman–Crippen MR) is 81.7 cm³/mol. The van der Waals surface area contributed by atoms with Crippen molar-refractivity contribution in [3.63, 3.8) is 0 Å². The van der Waals surface area contributed by atoms with Crippen molar-refractivity contribution in [3.8, 4) is 0 Å². The second-order valence-corrected chi connectivity index (χ2v) is 6.10. The van der Waals surface area contributed by atoms with E-state index in [1.807, 2.05) is 0 Å². The molecule has 3 nitrogen and oxygen atoms in total. The number of ether oxygens (including phenoxy) is 1. The summed E-state index contributed by atoms with van der Waals surface area (Å²) in [5, 5.41) is 0. The van der Waals surface area contributed by atoms with Gasteiger partial charge in [-0.1, -0.05) is 31.2 Å². The molecule has 1 aromatic carbocycles. The van der Waals surface area contributed by atoms with Crippen molar-refractivity contribution in [1.29, 1.82) is 0 Å². The standard InChI is InChI=1S/C17H26N2O/c1-2-13-6-8-14(9-7-13)15(18)12-19-10-11-20-17-5-3-4-16(17)19/h6-9,15-17H,2-5,10-12,18H2,1H3. The Balaban J connectivity index is 1.63. The number of rotatable bonds is 4. The lowest BCUT2D eigenvalue weighted by Crippen LogP contribution is -2.50. The van der Waals surface area contributed by atoms with Crippen molar-refractivity contribution in [2.75, 3.05) is 19.7 Å². The van der Waals surface area contributed by atoms with E-state index >= 15 is 0 Å². The summed E-state index contributed by atoms with van der Waals surface area (Å²) in [4.78, 5) is 2.56. The lowest BCUT2D eigenvalue weighted by atomic mass is 10.0. The van der Waals surface area contributed by atoms with Gasteiger partial charge in [-0.05, 0) is 36.8 Å². The molecule has 3 atom stereocenters. The first kappa shape index (κ1) is 14.1. The monoisotopic (exact) mass is 274 g/mol. The summed E-state index contributed by atoms with van der Waals surface area (Å²) in [6, 6.07) is 9.50. The summed E-state index contributed by atoms with van der Waals surface area (Å²) in [5.41, 5.74) is 9.05. The molecule has 3 unspecified atom stereocenters. The van der Waals surface area contributed by atoms with Crippen molar-refractivity contribution in [1.82, 2.24) is 4.90 Å². The SMILES string of the molecule is CCc1ccc(C(N)CN2CCOC3CCCC32)cc1. The van der Waals surface area contributed by atoms with Crippen molar-refractivity contribution < 1.29 is 4.74 Å². The highest BCUT2D eigenvalue weighted by Gasteiger charge is 2.36. The van der Waals surface area contributed by atoms with Crippen LogP contribution >= 0.6 is 0 Å². The summed E-state index contributed by atoms with van der Waals surface area (Å²) in [6.07, 6.45) is 5.33. The van der Waals surface area contributed by atoms with Crippen LogP contribution in [0.5, 0.6) is 0 Å². The van der Waals surface area contributed by atoms with E-state index in [0.717, 1.165) is 26.1 Å². The molecule has 1 saturated heterocycles. The number of hydrogen-bond donors (Lipinski definition) is 1. The second kappa shape index (κ2) is 6.25. The van der Waals surface area contributed by atoms with E-state index in [4.69, 9.17) is 10.5 Å². The van der Waals surface area contributed by atoms with Gasteiger partial charge >= 0.3 is 0 Å². The van der Waals surface area contributed by atoms with E-state index < -0.39 is 0 Å². The number of nitrogens with two attached hydrogens (primary N) is 1. The van der Waals surface area contributed by atoms with Gasteiger partial charge in [0.15, 0.2) is 0 Å². The van der Waals surface area contributed by atoms with E-state index in [0.29, 0.717) is 12.1 Å². The van der Waals surface area contributed by atoms with Crippen LogP contribution in [0.25, 0.3) is 0 Å². The normalized spacial score (nSPS) is 28.3. The van der Waals surface area contributed by atoms with Crippen LogP contribution in [0.4, 0.5) is 0 Å². The third-order valence-electron chi connectivity index (χ3n) is 4.84. The van der Waals surface area contributed by atoms with Gasteiger partial charge in [0, 0.05) is 25.2 Å². The summed E-state index contributed by atoms with van der Waals surface area (Å²) < 4.78 is 5.87. The molecule has 2 fully saturated rings. The topological polar surface area (TPSA) is 38.5 Å². The van der Waals surface area contributed by atoms with Crippen LogP contribution in [-0.2, 0) is 11.2 Å². The summed E-state index contributed by atoms with van der Waals surface area (Å²) in [5.74, 6) is 0. The van der Waals surface area contributed by atoms with Crippen LogP contribution in [0.3, 0.4) is 0 Å². The van der Waals surface area contributed by atoms with Gasteiger partial charge < -0.3 is 10.5 Å². The molecular weight excluding hydrogens is 248 g/mol. The molecule has 1 heterocycles. The number of nitrogens with zero attached hydrogens (tertiary/aromatic N) is 1. The fraction of sp³-hybridized carbons (Fsp3) is 0.647. The first-order chi connectivity index (χ1) is 9.78. The fourth-order valence-corrected chi connectivity index (χ4v) is 3.59. The Morgan fingerprint density at radius 1 is 1.30 bits per heavy atom. The van der Waals surface area contributed by atoms with E-state index in [-0.39, 0.29) is 6.04 Å². The zero-order valence-electron chi connectivity index (χ0n) is 12.4. The van der Waals surface area contributed by atoms with Gasteiger partial charge in [-0.25, -0.2) is 0 Å². The molecule has 110 valence electrons. The molecule has 3 rings (SSSR count). The second-order valence-electron chi connectivity index (χ2n) is 6.10. The zero-order valence-corrected chi connectivity index (χ0v) is 12.4. The quantitative estimate of drug-likeness (QED) is 0.917. The van der Waals surface area contributed by atoms with Crippen molar-refractivity contribution >= 4 is 0 Å². The zero-order chi connectivity index (χ0) is 13.9. The third-order valence-corrected chi connectivity index (χ3v) is 4.84. The highest BCUT2D eigenvalue weighted by Crippen LogP contribution is 2.30. The first-order valence-corrected chi connectivity index (χ1v) is 7.98. The molecule has 1 aliphatic carbocycles. The molecule has 1 aliphatic heterocycles. The molecular formula is C17H26N2O. The number of aryl methyl sites for hydroxylation is 1. The van der Waals surface area contributed by atoms with Gasteiger partial charge in [-0.3, -0.25) is 4.90 Å². The minimum absolute atomic E-state index is 0.111. The minimum Gasteiger partial charge on any atom is -0.375 e. The Hall–Kier alpha value is -0.900. The minimum atomic E-state index is 0.111. The Kier molecular flexibility index (Phi) is 4.39. The molecule has 1 aromatic rings. The van der Waals surface area contributed by atoms with Gasteiger partial charge in [0.1, 0.15) is 0 Å². The van der Waals surface area contributed by atoms with Crippen molar-refractivity contribution in [3.05, 3.63) is 35.4 Å². The van der Waals surface area contributed by atoms with Gasteiger partial charge in [0.05, 0.1) is 12.7 Å². The van der Waals surface area contributed by atoms with Crippen LogP contribution in [0, 0.1) is 0 Å². The molecule has 0 spiro atoms. The van der Waals surface area contributed by atoms with Crippen LogP contribution < -0.4 is 5.73 Å². The molecule has 0 amide bonds. The van der Waals surface area contributed by atoms with E-state index in [2.05, 4.69) is 36.1 Å². The Morgan fingerprint density at radius 2 is 2.10 bits per heavy atom. The lowest BCUT2D eigenvalue weighted by molar-refractivity contribution is -0.0571. The molecule has 1 saturated carbocycles. The van der Waals surface area contributed by atoms with E-state index in [1.165, 1.54) is 30.4 Å². The predicted octanol–water partition coefficient (Wildman–Crippen LogP) is 2.50. The summed E-state index contributed by atoms with van der Waals surface area (Å²) in [7, 11) is 0. The number of hydrogen-bond acceptors (Lipinski definition) is 3. The average Bonchev–Trinajstić information content (AvgIpc) is 2.97. The van der Waals surface area contributed by atoms with Crippen LogP contribution in [0.1, 0.15) is 43.4 Å². The first-order valence-electron chi connectivity index (χ1n) is 7.98. The smallest absolute Gasteiger partial charge is 0.0730 e. The number of morpholine rings is 1. The highest BCUT2D eigenvalue weighted by molar-refractivity contribution is 5.25. The number of benzene rings is 1. The van der Waals surface area contributed by atoms with E-state index in [9.17, 15) is 0 Å². The van der Waals surface area contributed by atoms with E-state index in [1.54, 1.807) is 0 Å². The highest BCUT2D eigenvalue weighted by atomic mass is 16.5. The maximum Gasteiger partial charge on any atom is 0.0730 e. The number of fused-ring (bicyclic) bond motifs is 1. The van der Waals surface area contributed by atoms with Crippen LogP contribution in [0.2, 0.25) is 0 Å². The third kappa shape index (κ3) is 2.90. The summed E-state index contributed by atoms with van der Waals surface area (Å²) in [6.45, 7) is 5.03. The van der Waals surface area contributed by atoms with Crippen molar-refractivity contribution in [2.45, 2.75) is 50.8 Å². The Bertz CT molecular complexity index is 431. The molecule has 0 bridgehead atoms. The molecule has 20 heavy (non-hydrogen) atoms. The maximum atomic E-state index is 6.42. The Morgan fingerprint density at radius 3 is 2.85 bits per heavy atom. The van der Waals surface area contributed by atoms with Gasteiger partial charge in [-0.15, -0.1) is 0 Å². The fourth-order valence-electron chi connectivity index (χ4n) is 3.59. The summed E-state index contributed by atoms with van der Waals surface area (Å²) >= 11 is 0. The lowest BCUT2D eigenvalue weighted by Gasteiger charge is -2.39. The van der Waals surface area contributed by atoms with Crippen LogP contribution in [-0.4, -0.2) is 36.7 Å².